The van der Waals surface area contributed by atoms with Gasteiger partial charge in [0.15, 0.2) is 18.2 Å². The van der Waals surface area contributed by atoms with E-state index in [-0.39, 0.29) is 30.0 Å². The number of ether oxygens (including phenoxy) is 2. The minimum absolute atomic E-state index is 0.00361. The molecule has 2 aliphatic rings. The molecule has 2 aromatic heterocycles. The summed E-state index contributed by atoms with van der Waals surface area (Å²) < 4.78 is 26.6. The van der Waals surface area contributed by atoms with Crippen molar-refractivity contribution < 1.29 is 18.7 Å². The lowest BCUT2D eigenvalue weighted by Gasteiger charge is -2.33. The highest BCUT2D eigenvalue weighted by Crippen LogP contribution is 2.25. The number of pyridine rings is 2. The van der Waals surface area contributed by atoms with Gasteiger partial charge in [-0.2, -0.15) is 0 Å². The van der Waals surface area contributed by atoms with Gasteiger partial charge in [-0.25, -0.2) is 9.37 Å². The summed E-state index contributed by atoms with van der Waals surface area (Å²) in [5.41, 5.74) is 1.27. The van der Waals surface area contributed by atoms with E-state index in [0.717, 1.165) is 24.2 Å². The summed E-state index contributed by atoms with van der Waals surface area (Å²) >= 11 is 0. The Morgan fingerprint density at radius 2 is 2.03 bits per heavy atom. The number of rotatable bonds is 7. The van der Waals surface area contributed by atoms with Crippen molar-refractivity contribution in [2.45, 2.75) is 19.2 Å². The standard InChI is InChI=1S/C24H26FN5O4/c25-17-3-1-16-2-6-23(32)30(20(16)11-17)8-7-29-9-10-33-19(14-29)13-26-12-18-4-5-21-24(27-18)28-22(31)15-34-21/h1-6,11,19,26H,7-10,12-15H2,(H,27,28,31)/t19-/m0/s1. The number of morpholine rings is 1. The molecule has 3 aromatic rings. The van der Waals surface area contributed by atoms with Crippen molar-refractivity contribution in [2.75, 3.05) is 44.7 Å². The molecule has 1 atom stereocenters. The number of fused-ring (bicyclic) bond motifs is 2. The molecule has 178 valence electrons. The molecular formula is C24H26FN5O4. The molecule has 0 bridgehead atoms. The van der Waals surface area contributed by atoms with Crippen molar-refractivity contribution in [3.8, 4) is 5.75 Å². The maximum atomic E-state index is 13.8. The maximum Gasteiger partial charge on any atom is 0.263 e. The third-order valence-corrected chi connectivity index (χ3v) is 6.03. The van der Waals surface area contributed by atoms with Gasteiger partial charge in [0, 0.05) is 45.3 Å². The summed E-state index contributed by atoms with van der Waals surface area (Å²) in [5, 5.41) is 6.91. The summed E-state index contributed by atoms with van der Waals surface area (Å²) in [4.78, 5) is 30.6. The lowest BCUT2D eigenvalue weighted by Crippen LogP contribution is -2.47. The molecule has 5 rings (SSSR count). The van der Waals surface area contributed by atoms with Crippen LogP contribution in [-0.4, -0.2) is 65.9 Å². The largest absolute Gasteiger partial charge is 0.480 e. The fraction of sp³-hybridized carbons (Fsp3) is 0.375. The normalized spacial score (nSPS) is 18.4. The number of halogens is 1. The lowest BCUT2D eigenvalue weighted by atomic mass is 10.2. The Morgan fingerprint density at radius 3 is 2.94 bits per heavy atom. The molecule has 1 fully saturated rings. The SMILES string of the molecule is O=C1COc2ccc(CNC[C@H]3CN(CCn4c(=O)ccc5ccc(F)cc54)CCO3)nc2N1. The van der Waals surface area contributed by atoms with Gasteiger partial charge in [0.2, 0.25) is 0 Å². The van der Waals surface area contributed by atoms with Crippen LogP contribution in [0.1, 0.15) is 5.69 Å². The van der Waals surface area contributed by atoms with Crippen LogP contribution in [0.2, 0.25) is 0 Å². The number of anilines is 1. The van der Waals surface area contributed by atoms with Crippen molar-refractivity contribution in [1.82, 2.24) is 19.8 Å². The van der Waals surface area contributed by atoms with E-state index in [2.05, 4.69) is 20.5 Å². The Kier molecular flexibility index (Phi) is 6.52. The van der Waals surface area contributed by atoms with Crippen LogP contribution in [0.15, 0.2) is 47.3 Å². The van der Waals surface area contributed by atoms with Crippen LogP contribution >= 0.6 is 0 Å². The van der Waals surface area contributed by atoms with E-state index >= 15 is 0 Å². The number of nitrogens with zero attached hydrogens (tertiary/aromatic N) is 3. The lowest BCUT2D eigenvalue weighted by molar-refractivity contribution is -0.118. The molecule has 2 N–H and O–H groups in total. The van der Waals surface area contributed by atoms with E-state index in [1.807, 2.05) is 6.07 Å². The van der Waals surface area contributed by atoms with Gasteiger partial charge in [0.25, 0.3) is 11.5 Å². The number of nitrogens with one attached hydrogen (secondary N) is 2. The van der Waals surface area contributed by atoms with Crippen LogP contribution in [0.4, 0.5) is 10.2 Å². The number of benzene rings is 1. The van der Waals surface area contributed by atoms with Gasteiger partial charge in [-0.05, 0) is 41.8 Å². The van der Waals surface area contributed by atoms with Crippen LogP contribution in [0, 0.1) is 5.82 Å². The smallest absolute Gasteiger partial charge is 0.263 e. The van der Waals surface area contributed by atoms with Crippen LogP contribution in [0.25, 0.3) is 10.9 Å². The summed E-state index contributed by atoms with van der Waals surface area (Å²) in [6.07, 6.45) is -0.00361. The summed E-state index contributed by atoms with van der Waals surface area (Å²) in [6.45, 7) is 4.42. The topological polar surface area (TPSA) is 97.7 Å². The van der Waals surface area contributed by atoms with Gasteiger partial charge in [-0.3, -0.25) is 14.5 Å². The van der Waals surface area contributed by atoms with E-state index in [9.17, 15) is 14.0 Å². The maximum absolute atomic E-state index is 13.8. The molecule has 0 radical (unpaired) electrons. The van der Waals surface area contributed by atoms with E-state index in [1.54, 1.807) is 22.8 Å². The Balaban J connectivity index is 1.14. The number of hydrogen-bond donors (Lipinski definition) is 2. The highest BCUT2D eigenvalue weighted by atomic mass is 19.1. The Bertz CT molecular complexity index is 1260. The van der Waals surface area contributed by atoms with Crippen molar-refractivity contribution >= 4 is 22.6 Å². The Labute approximate surface area is 195 Å². The van der Waals surface area contributed by atoms with Gasteiger partial charge in [-0.15, -0.1) is 0 Å². The van der Waals surface area contributed by atoms with Gasteiger partial charge in [0.05, 0.1) is 23.9 Å². The molecule has 1 aromatic carbocycles. The predicted octanol–water partition coefficient (Wildman–Crippen LogP) is 1.36. The van der Waals surface area contributed by atoms with Gasteiger partial charge >= 0.3 is 0 Å². The predicted molar refractivity (Wildman–Crippen MR) is 124 cm³/mol. The van der Waals surface area contributed by atoms with Crippen LogP contribution < -0.4 is 20.9 Å². The minimum Gasteiger partial charge on any atom is -0.480 e. The average Bonchev–Trinajstić information content (AvgIpc) is 2.83. The number of hydrogen-bond acceptors (Lipinski definition) is 7. The zero-order valence-corrected chi connectivity index (χ0v) is 18.6. The number of carbonyl (C=O) groups excluding carboxylic acids is 1. The van der Waals surface area contributed by atoms with Crippen LogP contribution in [0.5, 0.6) is 5.75 Å². The second kappa shape index (κ2) is 9.88. The van der Waals surface area contributed by atoms with Crippen molar-refractivity contribution in [3.63, 3.8) is 0 Å². The zero-order valence-electron chi connectivity index (χ0n) is 18.6. The van der Waals surface area contributed by atoms with Crippen LogP contribution in [-0.2, 0) is 22.6 Å². The molecule has 0 saturated carbocycles. The van der Waals surface area contributed by atoms with E-state index in [1.165, 1.54) is 18.2 Å². The van der Waals surface area contributed by atoms with Crippen molar-refractivity contribution in [1.29, 1.82) is 0 Å². The van der Waals surface area contributed by atoms with Crippen molar-refractivity contribution in [3.05, 3.63) is 64.3 Å². The number of aromatic nitrogens is 2. The van der Waals surface area contributed by atoms with Crippen LogP contribution in [0.3, 0.4) is 0 Å². The summed E-state index contributed by atoms with van der Waals surface area (Å²) in [5.74, 6) is 0.450. The number of amides is 1. The van der Waals surface area contributed by atoms with Gasteiger partial charge < -0.3 is 24.7 Å². The van der Waals surface area contributed by atoms with Crippen molar-refractivity contribution in [2.24, 2.45) is 0 Å². The molecule has 0 unspecified atom stereocenters. The van der Waals surface area contributed by atoms with Gasteiger partial charge in [-0.1, -0.05) is 0 Å². The number of carbonyl (C=O) groups is 1. The second-order valence-corrected chi connectivity index (χ2v) is 8.44. The first-order chi connectivity index (χ1) is 16.5. The highest BCUT2D eigenvalue weighted by molar-refractivity contribution is 5.94. The minimum atomic E-state index is -0.354. The summed E-state index contributed by atoms with van der Waals surface area (Å²) in [6, 6.07) is 11.4. The molecule has 1 amide bonds. The molecule has 0 spiro atoms. The first-order valence-corrected chi connectivity index (χ1v) is 11.3. The fourth-order valence-corrected chi connectivity index (χ4v) is 4.30. The summed E-state index contributed by atoms with van der Waals surface area (Å²) in [7, 11) is 0. The van der Waals surface area contributed by atoms with Gasteiger partial charge in [0.1, 0.15) is 5.82 Å². The molecule has 1 saturated heterocycles. The zero-order chi connectivity index (χ0) is 23.5. The second-order valence-electron chi connectivity index (χ2n) is 8.44. The third kappa shape index (κ3) is 5.09. The molecular weight excluding hydrogens is 441 g/mol. The van der Waals surface area contributed by atoms with E-state index < -0.39 is 0 Å². The van der Waals surface area contributed by atoms with E-state index in [4.69, 9.17) is 9.47 Å². The first kappa shape index (κ1) is 22.5. The highest BCUT2D eigenvalue weighted by Gasteiger charge is 2.21. The fourth-order valence-electron chi connectivity index (χ4n) is 4.30. The molecule has 2 aliphatic heterocycles. The Hall–Kier alpha value is -3.34. The quantitative estimate of drug-likeness (QED) is 0.542. The molecule has 34 heavy (non-hydrogen) atoms. The molecule has 9 nitrogen and oxygen atoms in total. The molecule has 4 heterocycles. The monoisotopic (exact) mass is 467 g/mol. The molecule has 0 aliphatic carbocycles. The average molecular weight is 468 g/mol. The third-order valence-electron chi connectivity index (χ3n) is 6.03. The van der Waals surface area contributed by atoms with E-state index in [0.29, 0.717) is 49.9 Å². The Morgan fingerprint density at radius 1 is 1.15 bits per heavy atom. The molecule has 10 heteroatoms. The first-order valence-electron chi connectivity index (χ1n) is 11.3.